The molecule has 1 aromatic rings. The number of rotatable bonds is 9. The van der Waals surface area contributed by atoms with Crippen molar-refractivity contribution in [3.63, 3.8) is 0 Å². The molecule has 2 saturated carbocycles. The Balaban J connectivity index is 1.54. The highest BCUT2D eigenvalue weighted by atomic mass is 35.5. The zero-order valence-electron chi connectivity index (χ0n) is 24.0. The largest absolute Gasteiger partial charge is 0.487 e. The van der Waals surface area contributed by atoms with Crippen molar-refractivity contribution in [2.45, 2.75) is 63.5 Å². The Morgan fingerprint density at radius 3 is 2.60 bits per heavy atom. The van der Waals surface area contributed by atoms with E-state index in [0.29, 0.717) is 48.4 Å². The molecule has 4 atom stereocenters. The highest BCUT2D eigenvalue weighted by molar-refractivity contribution is 6.31. The number of hydrazine groups is 1. The molecule has 4 aliphatic rings. The molecule has 236 valence electrons. The maximum Gasteiger partial charge on any atom is 0.307 e. The molecule has 11 nitrogen and oxygen atoms in total. The van der Waals surface area contributed by atoms with Gasteiger partial charge in [0.05, 0.1) is 29.7 Å². The Morgan fingerprint density at radius 1 is 1.28 bits per heavy atom. The molecule has 3 fully saturated rings. The highest BCUT2D eigenvalue weighted by Gasteiger charge is 2.53. The van der Waals surface area contributed by atoms with Crippen LogP contribution in [0.5, 0.6) is 5.75 Å². The number of carboxylic acids is 1. The number of nitrogens with two attached hydrogens (primary N) is 2. The number of aliphatic hydroxyl groups excluding tert-OH is 1. The Labute approximate surface area is 253 Å². The van der Waals surface area contributed by atoms with Gasteiger partial charge in [-0.15, -0.1) is 0 Å². The predicted molar refractivity (Wildman–Crippen MR) is 152 cm³/mol. The molecule has 2 amide bonds. The second-order valence-electron chi connectivity index (χ2n) is 12.3. The summed E-state index contributed by atoms with van der Waals surface area (Å²) in [6.07, 6.45) is -0.415. The van der Waals surface area contributed by atoms with Gasteiger partial charge < -0.3 is 35.5 Å². The summed E-state index contributed by atoms with van der Waals surface area (Å²) in [6.45, 7) is 0.383. The average Bonchev–Trinajstić information content (AvgIpc) is 3.62. The fourth-order valence-corrected chi connectivity index (χ4v) is 7.22. The lowest BCUT2D eigenvalue weighted by atomic mass is 9.75. The second-order valence-corrected chi connectivity index (χ2v) is 12.7. The van der Waals surface area contributed by atoms with E-state index >= 15 is 0 Å². The average molecular weight is 626 g/mol. The maximum absolute atomic E-state index is 14.2. The third kappa shape index (κ3) is 6.12. The number of halogens is 3. The molecule has 0 radical (unpaired) electrons. The number of aliphatic hydroxyl groups is 1. The second kappa shape index (κ2) is 12.1. The van der Waals surface area contributed by atoms with Crippen LogP contribution >= 0.6 is 11.6 Å². The van der Waals surface area contributed by atoms with Crippen molar-refractivity contribution >= 4 is 29.4 Å². The minimum atomic E-state index is -2.95. The van der Waals surface area contributed by atoms with Crippen LogP contribution in [-0.2, 0) is 20.8 Å². The fourth-order valence-electron chi connectivity index (χ4n) is 6.96. The summed E-state index contributed by atoms with van der Waals surface area (Å²) in [5, 5.41) is 21.9. The molecule has 2 aliphatic carbocycles. The van der Waals surface area contributed by atoms with Gasteiger partial charge in [-0.05, 0) is 61.6 Å². The molecule has 0 aromatic heterocycles. The third-order valence-corrected chi connectivity index (χ3v) is 9.73. The summed E-state index contributed by atoms with van der Waals surface area (Å²) in [5.41, 5.74) is 6.19. The van der Waals surface area contributed by atoms with Crippen molar-refractivity contribution in [2.24, 2.45) is 28.8 Å². The van der Waals surface area contributed by atoms with E-state index < -0.39 is 54.6 Å². The normalized spacial score (nSPS) is 26.8. The summed E-state index contributed by atoms with van der Waals surface area (Å²) >= 11 is 6.63. The first-order valence-corrected chi connectivity index (χ1v) is 14.9. The van der Waals surface area contributed by atoms with E-state index in [4.69, 9.17) is 27.9 Å². The minimum absolute atomic E-state index is 0.0395. The summed E-state index contributed by atoms with van der Waals surface area (Å²) < 4.78 is 33.2. The summed E-state index contributed by atoms with van der Waals surface area (Å²) in [7, 11) is 1.24. The third-order valence-electron chi connectivity index (χ3n) is 9.38. The van der Waals surface area contributed by atoms with Crippen LogP contribution in [0.15, 0.2) is 23.5 Å². The topological polar surface area (TPSA) is 163 Å². The number of fused-ring (bicyclic) bond motifs is 1. The highest BCUT2D eigenvalue weighted by Crippen LogP contribution is 2.54. The Hall–Kier alpha value is -3.16. The molecule has 2 heterocycles. The molecule has 4 unspecified atom stereocenters. The van der Waals surface area contributed by atoms with Gasteiger partial charge in [-0.1, -0.05) is 11.6 Å². The number of hydrogen-bond acceptors (Lipinski definition) is 8. The van der Waals surface area contributed by atoms with Crippen LogP contribution in [-0.4, -0.2) is 88.6 Å². The monoisotopic (exact) mass is 625 g/mol. The zero-order chi connectivity index (χ0) is 31.2. The quantitative estimate of drug-likeness (QED) is 0.238. The Morgan fingerprint density at radius 2 is 2.00 bits per heavy atom. The summed E-state index contributed by atoms with van der Waals surface area (Å²) in [4.78, 5) is 42.7. The molecule has 14 heteroatoms. The number of allylic oxidation sites excluding steroid dienone is 1. The van der Waals surface area contributed by atoms with E-state index in [1.54, 1.807) is 17.0 Å². The van der Waals surface area contributed by atoms with Crippen LogP contribution in [0.2, 0.25) is 5.02 Å². The van der Waals surface area contributed by atoms with Crippen molar-refractivity contribution in [1.82, 2.24) is 14.8 Å². The van der Waals surface area contributed by atoms with Gasteiger partial charge in [0.25, 0.3) is 6.43 Å². The van der Waals surface area contributed by atoms with Gasteiger partial charge in [-0.3, -0.25) is 14.4 Å². The lowest BCUT2D eigenvalue weighted by Crippen LogP contribution is -2.53. The molecule has 2 aliphatic heterocycles. The van der Waals surface area contributed by atoms with Gasteiger partial charge in [-0.25, -0.2) is 14.6 Å². The molecule has 6 N–H and O–H groups in total. The van der Waals surface area contributed by atoms with Gasteiger partial charge >= 0.3 is 5.97 Å². The first-order valence-electron chi connectivity index (χ1n) is 14.5. The molecule has 1 spiro atoms. The van der Waals surface area contributed by atoms with E-state index in [1.165, 1.54) is 11.9 Å². The van der Waals surface area contributed by atoms with Crippen LogP contribution in [0.4, 0.5) is 8.78 Å². The number of hydrogen-bond donors (Lipinski definition) is 4. The number of carbonyl (C=O) groups excluding carboxylic acids is 2. The van der Waals surface area contributed by atoms with Crippen molar-refractivity contribution in [3.05, 3.63) is 39.7 Å². The number of carboxylic acid groups (broad SMARTS) is 1. The van der Waals surface area contributed by atoms with Gasteiger partial charge in [0.1, 0.15) is 18.1 Å². The maximum atomic E-state index is 14.2. The smallest absolute Gasteiger partial charge is 0.307 e. The van der Waals surface area contributed by atoms with Crippen LogP contribution < -0.4 is 16.3 Å². The summed E-state index contributed by atoms with van der Waals surface area (Å²) in [6, 6.07) is 2.38. The number of aliphatic carboxylic acids is 1. The van der Waals surface area contributed by atoms with Gasteiger partial charge in [0.15, 0.2) is 0 Å². The number of carbonyl (C=O) groups is 3. The molecule has 43 heavy (non-hydrogen) atoms. The SMILES string of the molecule is CN(N)/C(=C(\N)COc1ccc(Cl)c2c1C(CN1CC3(CC3)CC1=O)N(C(=O)C1C(O)CCCC1C(=O)O)CC2)C(F)F. The van der Waals surface area contributed by atoms with Crippen molar-refractivity contribution in [2.75, 3.05) is 33.3 Å². The Bertz CT molecular complexity index is 1310. The van der Waals surface area contributed by atoms with Crippen LogP contribution in [0.3, 0.4) is 0 Å². The Kier molecular flexibility index (Phi) is 8.79. The molecule has 5 rings (SSSR count). The number of alkyl halides is 2. The molecule has 1 saturated heterocycles. The standard InChI is InChI=1S/C29H38ClF2N5O6/c1-35(34)25(26(31)32)18(33)13-43-21-6-5-17(30)15-7-10-37(27(40)24-16(28(41)42)3-2-4-20(24)38)19(23(15)21)12-36-14-29(8-9-29)11-22(36)39/h5-6,16,19-20,24,26,38H,2-4,7-14,33-34H2,1H3,(H,41,42)/b25-18-. The number of amides is 2. The van der Waals surface area contributed by atoms with Crippen molar-refractivity contribution in [3.8, 4) is 5.75 Å². The van der Waals surface area contributed by atoms with E-state index in [1.807, 2.05) is 0 Å². The molecule has 1 aromatic carbocycles. The fraction of sp³-hybridized carbons (Fsp3) is 0.621. The number of benzene rings is 1. The van der Waals surface area contributed by atoms with Crippen LogP contribution in [0.25, 0.3) is 0 Å². The van der Waals surface area contributed by atoms with E-state index in [9.17, 15) is 33.4 Å². The first kappa shape index (κ1) is 31.3. The molecular formula is C29H38ClF2N5O6. The predicted octanol–water partition coefficient (Wildman–Crippen LogP) is 2.26. The molecule has 0 bridgehead atoms. The number of likely N-dealkylation sites (tertiary alicyclic amines) is 1. The lowest BCUT2D eigenvalue weighted by molar-refractivity contribution is -0.159. The lowest BCUT2D eigenvalue weighted by Gasteiger charge is -2.44. The van der Waals surface area contributed by atoms with E-state index in [-0.39, 0.29) is 42.3 Å². The van der Waals surface area contributed by atoms with Gasteiger partial charge in [-0.2, -0.15) is 0 Å². The first-order chi connectivity index (χ1) is 20.3. The zero-order valence-corrected chi connectivity index (χ0v) is 24.7. The van der Waals surface area contributed by atoms with Crippen LogP contribution in [0.1, 0.15) is 55.7 Å². The number of ether oxygens (including phenoxy) is 1. The van der Waals surface area contributed by atoms with Gasteiger partial charge in [0.2, 0.25) is 11.8 Å². The van der Waals surface area contributed by atoms with Crippen LogP contribution in [0, 0.1) is 17.3 Å². The van der Waals surface area contributed by atoms with Gasteiger partial charge in [0, 0.05) is 43.7 Å². The van der Waals surface area contributed by atoms with E-state index in [0.717, 1.165) is 17.9 Å². The van der Waals surface area contributed by atoms with Crippen molar-refractivity contribution < 1.29 is 38.1 Å². The summed E-state index contributed by atoms with van der Waals surface area (Å²) in [5.74, 6) is 1.88. The molecular weight excluding hydrogens is 588 g/mol. The van der Waals surface area contributed by atoms with Crippen molar-refractivity contribution in [1.29, 1.82) is 0 Å². The minimum Gasteiger partial charge on any atom is -0.487 e. The van der Waals surface area contributed by atoms with E-state index in [2.05, 4.69) is 0 Å². The number of nitrogens with zero attached hydrogens (tertiary/aromatic N) is 3.